The maximum Gasteiger partial charge on any atom is 0.336 e. The van der Waals surface area contributed by atoms with Crippen molar-refractivity contribution in [1.29, 1.82) is 0 Å². The molecule has 0 radical (unpaired) electrons. The second-order valence-corrected chi connectivity index (χ2v) is 3.27. The lowest BCUT2D eigenvalue weighted by Gasteiger charge is -2.21. The molecule has 2 rings (SSSR count). The van der Waals surface area contributed by atoms with Crippen LogP contribution in [-0.4, -0.2) is 24.3 Å². The van der Waals surface area contributed by atoms with Crippen molar-refractivity contribution < 1.29 is 19.4 Å². The highest BCUT2D eigenvalue weighted by molar-refractivity contribution is 5.90. The van der Waals surface area contributed by atoms with Crippen LogP contribution in [0.4, 0.5) is 0 Å². The zero-order chi connectivity index (χ0) is 12.8. The summed E-state index contributed by atoms with van der Waals surface area (Å²) in [5.41, 5.74) is 1.00. The monoisotopic (exact) mass is 240 g/mol. The number of carboxylic acid groups (broad SMARTS) is 1. The third-order valence-electron chi connectivity index (χ3n) is 2.40. The van der Waals surface area contributed by atoms with Crippen molar-refractivity contribution in [2.24, 2.45) is 11.7 Å². The molecule has 1 aromatic rings. The minimum Gasteiger partial charge on any atom is -0.486 e. The van der Waals surface area contributed by atoms with E-state index in [1.54, 1.807) is 12.1 Å². The van der Waals surface area contributed by atoms with Gasteiger partial charge in [-0.2, -0.15) is 0 Å². The normalized spacial score (nSPS) is 12.4. The van der Waals surface area contributed by atoms with Crippen molar-refractivity contribution in [2.75, 3.05) is 13.2 Å². The number of hydrogen-bond acceptors (Lipinski definition) is 5. The van der Waals surface area contributed by atoms with Crippen LogP contribution in [0.15, 0.2) is 12.1 Å². The molecule has 6 nitrogen and oxygen atoms in total. The van der Waals surface area contributed by atoms with E-state index in [-0.39, 0.29) is 0 Å². The minimum atomic E-state index is -0.927. The van der Waals surface area contributed by atoms with Gasteiger partial charge in [0.2, 0.25) is 0 Å². The number of carbonyl (C=O) groups is 1. The minimum absolute atomic E-state index is 0.293. The number of benzene rings is 1. The van der Waals surface area contributed by atoms with Crippen LogP contribution in [0.1, 0.15) is 22.8 Å². The number of hydrogen-bond donors (Lipinski definition) is 3. The average Bonchev–Trinajstić information content (AvgIpc) is 2.39. The molecule has 0 spiro atoms. The van der Waals surface area contributed by atoms with Crippen LogP contribution in [0.2, 0.25) is 0 Å². The second-order valence-electron chi connectivity index (χ2n) is 3.27. The highest BCUT2D eigenvalue weighted by Crippen LogP contribution is 2.36. The third kappa shape index (κ3) is 2.66. The van der Waals surface area contributed by atoms with Gasteiger partial charge in [0, 0.05) is 5.56 Å². The van der Waals surface area contributed by atoms with E-state index < -0.39 is 5.97 Å². The Labute approximate surface area is 99.1 Å². The quantitative estimate of drug-likeness (QED) is 0.514. The van der Waals surface area contributed by atoms with E-state index in [1.807, 2.05) is 6.92 Å². The average molecular weight is 240 g/mol. The Morgan fingerprint density at radius 3 is 2.59 bits per heavy atom. The third-order valence-corrected chi connectivity index (χ3v) is 2.40. The summed E-state index contributed by atoms with van der Waals surface area (Å²) in [6.45, 7) is 2.89. The predicted molar refractivity (Wildman–Crippen MR) is 62.1 cm³/mol. The standard InChI is InChI=1S/C11H12O4.H4N2/c1-2-7-8(11(12)13)3-4-9-10(7)15-6-5-14-9;1-2/h3-4H,2,5-6H2,1H3,(H,12,13);1-2H2. The summed E-state index contributed by atoms with van der Waals surface area (Å²) in [5, 5.41) is 9.00. The molecule has 0 fully saturated rings. The van der Waals surface area contributed by atoms with Crippen molar-refractivity contribution >= 4 is 5.97 Å². The summed E-state index contributed by atoms with van der Waals surface area (Å²) in [4.78, 5) is 11.0. The molecule has 0 amide bonds. The summed E-state index contributed by atoms with van der Waals surface area (Å²) in [6, 6.07) is 3.21. The fourth-order valence-corrected chi connectivity index (χ4v) is 1.72. The number of fused-ring (bicyclic) bond motifs is 1. The molecule has 0 saturated heterocycles. The summed E-state index contributed by atoms with van der Waals surface area (Å²) >= 11 is 0. The Balaban J connectivity index is 0.000000686. The largest absolute Gasteiger partial charge is 0.486 e. The van der Waals surface area contributed by atoms with E-state index in [0.29, 0.717) is 42.3 Å². The van der Waals surface area contributed by atoms with Gasteiger partial charge < -0.3 is 14.6 Å². The molecule has 6 heteroatoms. The molecule has 0 saturated carbocycles. The smallest absolute Gasteiger partial charge is 0.336 e. The van der Waals surface area contributed by atoms with Crippen molar-refractivity contribution in [1.82, 2.24) is 0 Å². The first-order valence-electron chi connectivity index (χ1n) is 5.22. The maximum atomic E-state index is 11.0. The van der Waals surface area contributed by atoms with Gasteiger partial charge in [0.1, 0.15) is 13.2 Å². The van der Waals surface area contributed by atoms with E-state index >= 15 is 0 Å². The van der Waals surface area contributed by atoms with Crippen LogP contribution in [0.3, 0.4) is 0 Å². The number of ether oxygens (including phenoxy) is 2. The molecule has 94 valence electrons. The molecule has 0 unspecified atom stereocenters. The van der Waals surface area contributed by atoms with Crippen LogP contribution in [-0.2, 0) is 6.42 Å². The van der Waals surface area contributed by atoms with Gasteiger partial charge in [-0.05, 0) is 18.6 Å². The van der Waals surface area contributed by atoms with E-state index in [0.717, 1.165) is 0 Å². The maximum absolute atomic E-state index is 11.0. The van der Waals surface area contributed by atoms with Crippen LogP contribution in [0.5, 0.6) is 11.5 Å². The van der Waals surface area contributed by atoms with Gasteiger partial charge in [0.15, 0.2) is 11.5 Å². The molecule has 1 heterocycles. The lowest BCUT2D eigenvalue weighted by molar-refractivity contribution is 0.0694. The number of rotatable bonds is 2. The van der Waals surface area contributed by atoms with Crippen molar-refractivity contribution in [2.45, 2.75) is 13.3 Å². The SMILES string of the molecule is CCc1c(C(=O)O)ccc2c1OCCO2.NN. The van der Waals surface area contributed by atoms with Crippen LogP contribution in [0.25, 0.3) is 0 Å². The summed E-state index contributed by atoms with van der Waals surface area (Å²) in [7, 11) is 0. The van der Waals surface area contributed by atoms with Crippen molar-refractivity contribution in [3.05, 3.63) is 23.3 Å². The highest BCUT2D eigenvalue weighted by atomic mass is 16.6. The second kappa shape index (κ2) is 6.07. The Hall–Kier alpha value is -1.79. The first-order chi connectivity index (χ1) is 8.24. The summed E-state index contributed by atoms with van der Waals surface area (Å²) in [6.07, 6.45) is 0.619. The summed E-state index contributed by atoms with van der Waals surface area (Å²) < 4.78 is 10.8. The topological polar surface area (TPSA) is 108 Å². The Bertz CT molecular complexity index is 407. The molecule has 5 N–H and O–H groups in total. The molecular weight excluding hydrogens is 224 g/mol. The molecule has 1 aliphatic rings. The molecule has 17 heavy (non-hydrogen) atoms. The molecule has 1 aromatic carbocycles. The number of nitrogens with two attached hydrogens (primary N) is 2. The van der Waals surface area contributed by atoms with Gasteiger partial charge in [-0.25, -0.2) is 4.79 Å². The highest BCUT2D eigenvalue weighted by Gasteiger charge is 2.20. The summed E-state index contributed by atoms with van der Waals surface area (Å²) in [5.74, 6) is 8.30. The molecule has 0 aliphatic carbocycles. The number of hydrazine groups is 1. The molecular formula is C11H16N2O4. The van der Waals surface area contributed by atoms with E-state index in [4.69, 9.17) is 14.6 Å². The van der Waals surface area contributed by atoms with Crippen molar-refractivity contribution in [3.63, 3.8) is 0 Å². The Morgan fingerprint density at radius 2 is 2.00 bits per heavy atom. The molecule has 1 aliphatic heterocycles. The molecule has 0 aromatic heterocycles. The van der Waals surface area contributed by atoms with Crippen LogP contribution in [0, 0.1) is 0 Å². The van der Waals surface area contributed by atoms with Gasteiger partial charge in [0.05, 0.1) is 5.56 Å². The van der Waals surface area contributed by atoms with E-state index in [9.17, 15) is 4.79 Å². The molecule has 0 bridgehead atoms. The lowest BCUT2D eigenvalue weighted by atomic mass is 10.0. The fraction of sp³-hybridized carbons (Fsp3) is 0.364. The van der Waals surface area contributed by atoms with Gasteiger partial charge >= 0.3 is 5.97 Å². The first kappa shape index (κ1) is 13.3. The number of aromatic carboxylic acids is 1. The fourth-order valence-electron chi connectivity index (χ4n) is 1.72. The van der Waals surface area contributed by atoms with Gasteiger partial charge in [0.25, 0.3) is 0 Å². The van der Waals surface area contributed by atoms with E-state index in [1.165, 1.54) is 0 Å². The van der Waals surface area contributed by atoms with Crippen LogP contribution >= 0.6 is 0 Å². The Kier molecular flexibility index (Phi) is 4.74. The van der Waals surface area contributed by atoms with Gasteiger partial charge in [-0.3, -0.25) is 11.7 Å². The Morgan fingerprint density at radius 1 is 1.35 bits per heavy atom. The zero-order valence-corrected chi connectivity index (χ0v) is 9.60. The van der Waals surface area contributed by atoms with Crippen LogP contribution < -0.4 is 21.2 Å². The first-order valence-corrected chi connectivity index (χ1v) is 5.22. The molecule has 0 atom stereocenters. The van der Waals surface area contributed by atoms with E-state index in [2.05, 4.69) is 11.7 Å². The van der Waals surface area contributed by atoms with Gasteiger partial charge in [-0.15, -0.1) is 0 Å². The lowest BCUT2D eigenvalue weighted by Crippen LogP contribution is -2.18. The van der Waals surface area contributed by atoms with Gasteiger partial charge in [-0.1, -0.05) is 6.92 Å². The number of carboxylic acids is 1. The zero-order valence-electron chi connectivity index (χ0n) is 9.60. The van der Waals surface area contributed by atoms with Crippen molar-refractivity contribution in [3.8, 4) is 11.5 Å². The predicted octanol–water partition coefficient (Wildman–Crippen LogP) is 0.537.